The molecule has 0 saturated heterocycles. The SMILES string of the molecule is CCC(CCN(C)CCOCCOCC(=O)OC)C(=O)COCCOCCNC(=O)COCCOCCNC(=O)CCCC(=O)OC(C)(C)C. The molecule has 0 aliphatic carbocycles. The quantitative estimate of drug-likeness (QED) is 0.0720. The number of nitrogens with zero attached hydrogens (tertiary/aromatic N) is 1. The van der Waals surface area contributed by atoms with Gasteiger partial charge in [0.1, 0.15) is 25.4 Å². The highest BCUT2D eigenvalue weighted by atomic mass is 16.6. The lowest BCUT2D eigenvalue weighted by Gasteiger charge is -2.20. The Bertz CT molecular complexity index is 931. The van der Waals surface area contributed by atoms with Crippen LogP contribution in [0.5, 0.6) is 0 Å². The fraction of sp³-hybridized carbons (Fsp3) is 0.853. The minimum atomic E-state index is -0.534. The van der Waals surface area contributed by atoms with Crippen LogP contribution in [0.25, 0.3) is 0 Å². The van der Waals surface area contributed by atoms with Gasteiger partial charge in [-0.3, -0.25) is 19.2 Å². The molecule has 1 unspecified atom stereocenters. The van der Waals surface area contributed by atoms with E-state index in [0.29, 0.717) is 65.7 Å². The van der Waals surface area contributed by atoms with E-state index in [4.69, 9.17) is 33.2 Å². The van der Waals surface area contributed by atoms with Gasteiger partial charge in [-0.15, -0.1) is 0 Å². The smallest absolute Gasteiger partial charge is 0.331 e. The maximum Gasteiger partial charge on any atom is 0.331 e. The van der Waals surface area contributed by atoms with Crippen LogP contribution in [0, 0.1) is 5.92 Å². The molecule has 0 aromatic carbocycles. The Morgan fingerprint density at radius 2 is 1.18 bits per heavy atom. The molecule has 0 aromatic heterocycles. The van der Waals surface area contributed by atoms with Gasteiger partial charge in [0.25, 0.3) is 0 Å². The van der Waals surface area contributed by atoms with Gasteiger partial charge in [0, 0.05) is 38.4 Å². The number of Topliss-reactive ketones (excluding diaryl/α,β-unsaturated/α-hetero) is 1. The lowest BCUT2D eigenvalue weighted by atomic mass is 9.97. The molecule has 0 radical (unpaired) electrons. The number of esters is 2. The molecule has 0 bridgehead atoms. The van der Waals surface area contributed by atoms with Crippen molar-refractivity contribution >= 4 is 29.5 Å². The number of nitrogens with one attached hydrogen (secondary N) is 2. The minimum absolute atomic E-state index is 0.0318. The van der Waals surface area contributed by atoms with Crippen LogP contribution in [0.3, 0.4) is 0 Å². The first-order chi connectivity index (χ1) is 23.9. The van der Waals surface area contributed by atoms with Crippen molar-refractivity contribution in [3.63, 3.8) is 0 Å². The van der Waals surface area contributed by atoms with Gasteiger partial charge in [-0.05, 0) is 53.6 Å². The molecule has 0 heterocycles. The van der Waals surface area contributed by atoms with E-state index in [9.17, 15) is 24.0 Å². The summed E-state index contributed by atoms with van der Waals surface area (Å²) in [4.78, 5) is 61.0. The Morgan fingerprint density at radius 1 is 0.640 bits per heavy atom. The van der Waals surface area contributed by atoms with Gasteiger partial charge in [-0.25, -0.2) is 4.79 Å². The highest BCUT2D eigenvalue weighted by Crippen LogP contribution is 2.11. The molecule has 16 nitrogen and oxygen atoms in total. The zero-order valence-electron chi connectivity index (χ0n) is 31.2. The van der Waals surface area contributed by atoms with Gasteiger partial charge in [0.15, 0.2) is 5.78 Å². The van der Waals surface area contributed by atoms with Crippen molar-refractivity contribution in [2.45, 2.75) is 65.4 Å². The maximum absolute atomic E-state index is 12.6. The van der Waals surface area contributed by atoms with Crippen LogP contribution in [0.1, 0.15) is 59.8 Å². The Morgan fingerprint density at radius 3 is 1.76 bits per heavy atom. The summed E-state index contributed by atoms with van der Waals surface area (Å²) in [5, 5.41) is 5.41. The third kappa shape index (κ3) is 31.3. The largest absolute Gasteiger partial charge is 0.467 e. The molecular formula is C34H63N3O13. The second-order valence-corrected chi connectivity index (χ2v) is 12.4. The normalized spacial score (nSPS) is 12.1. The monoisotopic (exact) mass is 721 g/mol. The van der Waals surface area contributed by atoms with E-state index in [1.165, 1.54) is 7.11 Å². The number of hydrogen-bond acceptors (Lipinski definition) is 14. The number of ether oxygens (including phenoxy) is 8. The summed E-state index contributed by atoms with van der Waals surface area (Å²) in [5.41, 5.74) is -0.534. The van der Waals surface area contributed by atoms with Gasteiger partial charge in [0.2, 0.25) is 11.8 Å². The topological polar surface area (TPSA) is 186 Å². The van der Waals surface area contributed by atoms with Crippen molar-refractivity contribution < 1.29 is 61.9 Å². The molecule has 0 aliphatic rings. The van der Waals surface area contributed by atoms with Crippen LogP contribution in [0.15, 0.2) is 0 Å². The molecule has 0 fully saturated rings. The minimum Gasteiger partial charge on any atom is -0.467 e. The molecule has 2 amide bonds. The van der Waals surface area contributed by atoms with Crippen molar-refractivity contribution in [3.8, 4) is 0 Å². The number of carbonyl (C=O) groups is 5. The second-order valence-electron chi connectivity index (χ2n) is 12.4. The number of ketones is 1. The molecular weight excluding hydrogens is 658 g/mol. The van der Waals surface area contributed by atoms with Gasteiger partial charge < -0.3 is 53.4 Å². The Balaban J connectivity index is 3.64. The summed E-state index contributed by atoms with van der Waals surface area (Å²) < 4.78 is 41.9. The van der Waals surface area contributed by atoms with Crippen molar-refractivity contribution in [1.82, 2.24) is 15.5 Å². The summed E-state index contributed by atoms with van der Waals surface area (Å²) in [6.07, 6.45) is 2.30. The van der Waals surface area contributed by atoms with Crippen LogP contribution in [0.4, 0.5) is 0 Å². The van der Waals surface area contributed by atoms with E-state index >= 15 is 0 Å². The first-order valence-corrected chi connectivity index (χ1v) is 17.4. The van der Waals surface area contributed by atoms with Crippen LogP contribution in [-0.4, -0.2) is 160 Å². The Labute approximate surface area is 297 Å². The summed E-state index contributed by atoms with van der Waals surface area (Å²) in [6.45, 7) is 12.2. The number of hydrogen-bond donors (Lipinski definition) is 2. The molecule has 292 valence electrons. The second kappa shape index (κ2) is 31.0. The average Bonchev–Trinajstić information content (AvgIpc) is 3.05. The first-order valence-electron chi connectivity index (χ1n) is 17.4. The molecule has 2 N–H and O–H groups in total. The predicted octanol–water partition coefficient (Wildman–Crippen LogP) is 0.921. The molecule has 0 saturated carbocycles. The van der Waals surface area contributed by atoms with Crippen LogP contribution >= 0.6 is 0 Å². The molecule has 1 atom stereocenters. The summed E-state index contributed by atoms with van der Waals surface area (Å²) in [7, 11) is 3.28. The first kappa shape index (κ1) is 47.3. The Kier molecular flexibility index (Phi) is 29.3. The Hall–Kier alpha value is -2.73. The number of carbonyl (C=O) groups excluding carboxylic acids is 5. The number of methoxy groups -OCH3 is 1. The zero-order chi connectivity index (χ0) is 37.5. The standard InChI is InChI=1S/C34H63N3O13/c1-7-28(11-14-37(5)15-18-46-21-24-49-27-33(42)43-6)29(38)25-47-22-19-45-17-13-36-31(40)26-48-23-20-44-16-12-35-30(39)9-8-10-32(41)50-34(2,3)4/h28H,7-27H2,1-6H3,(H,35,39)(H,36,40). The van der Waals surface area contributed by atoms with Crippen molar-refractivity contribution in [3.05, 3.63) is 0 Å². The van der Waals surface area contributed by atoms with Crippen molar-refractivity contribution in [1.29, 1.82) is 0 Å². The van der Waals surface area contributed by atoms with E-state index < -0.39 is 11.6 Å². The maximum atomic E-state index is 12.6. The van der Waals surface area contributed by atoms with Crippen LogP contribution < -0.4 is 10.6 Å². The van der Waals surface area contributed by atoms with Gasteiger partial charge in [-0.2, -0.15) is 0 Å². The molecule has 0 spiro atoms. The average molecular weight is 722 g/mol. The van der Waals surface area contributed by atoms with Crippen molar-refractivity contribution in [2.75, 3.05) is 120 Å². The summed E-state index contributed by atoms with van der Waals surface area (Å²) >= 11 is 0. The van der Waals surface area contributed by atoms with E-state index in [0.717, 1.165) is 19.4 Å². The van der Waals surface area contributed by atoms with Gasteiger partial charge in [-0.1, -0.05) is 6.92 Å². The van der Waals surface area contributed by atoms with Crippen LogP contribution in [0.2, 0.25) is 0 Å². The third-order valence-corrected chi connectivity index (χ3v) is 6.81. The fourth-order valence-corrected chi connectivity index (χ4v) is 4.08. The summed E-state index contributed by atoms with van der Waals surface area (Å²) in [6, 6.07) is 0. The van der Waals surface area contributed by atoms with E-state index in [1.807, 2.05) is 14.0 Å². The van der Waals surface area contributed by atoms with Crippen molar-refractivity contribution in [2.24, 2.45) is 5.92 Å². The summed E-state index contributed by atoms with van der Waals surface area (Å²) in [5.74, 6) is -1.20. The van der Waals surface area contributed by atoms with E-state index in [2.05, 4.69) is 20.3 Å². The molecule has 16 heteroatoms. The third-order valence-electron chi connectivity index (χ3n) is 6.81. The lowest BCUT2D eigenvalue weighted by Crippen LogP contribution is -2.31. The van der Waals surface area contributed by atoms with E-state index in [-0.39, 0.29) is 82.0 Å². The van der Waals surface area contributed by atoms with Crippen LogP contribution in [-0.2, 0) is 61.9 Å². The molecule has 0 aromatic rings. The van der Waals surface area contributed by atoms with Gasteiger partial charge >= 0.3 is 11.9 Å². The van der Waals surface area contributed by atoms with Gasteiger partial charge in [0.05, 0.1) is 66.6 Å². The number of rotatable bonds is 33. The number of likely N-dealkylation sites (N-methyl/N-ethyl adjacent to an activating group) is 1. The highest BCUT2D eigenvalue weighted by Gasteiger charge is 2.18. The fourth-order valence-electron chi connectivity index (χ4n) is 4.08. The predicted molar refractivity (Wildman–Crippen MR) is 184 cm³/mol. The molecule has 0 rings (SSSR count). The molecule has 0 aliphatic heterocycles. The highest BCUT2D eigenvalue weighted by molar-refractivity contribution is 5.82. The zero-order valence-corrected chi connectivity index (χ0v) is 31.2. The van der Waals surface area contributed by atoms with E-state index in [1.54, 1.807) is 20.8 Å². The molecule has 50 heavy (non-hydrogen) atoms. The number of amides is 2. The lowest BCUT2D eigenvalue weighted by molar-refractivity contribution is -0.155.